The number of anilines is 3. The third-order valence-electron chi connectivity index (χ3n) is 12.2. The molecule has 12 rings (SSSR count). The van der Waals surface area contributed by atoms with Gasteiger partial charge >= 0.3 is 0 Å². The fourth-order valence-electron chi connectivity index (χ4n) is 9.41. The van der Waals surface area contributed by atoms with Crippen LogP contribution in [0.3, 0.4) is 0 Å². The van der Waals surface area contributed by atoms with Crippen molar-refractivity contribution in [2.75, 3.05) is 4.90 Å². The smallest absolute Gasteiger partial charge is 0.136 e. The van der Waals surface area contributed by atoms with Crippen molar-refractivity contribution < 1.29 is 4.42 Å². The zero-order valence-corrected chi connectivity index (χ0v) is 33.2. The van der Waals surface area contributed by atoms with Crippen LogP contribution in [0.1, 0.15) is 0 Å². The van der Waals surface area contributed by atoms with E-state index in [0.717, 1.165) is 66.9 Å². The fraction of sp³-hybridized carbons (Fsp3) is 0. The van der Waals surface area contributed by atoms with Crippen molar-refractivity contribution in [2.24, 2.45) is 0 Å². The largest absolute Gasteiger partial charge is 0.456 e. The Bertz CT molecular complexity index is 3560. The average molecular weight is 779 g/mol. The normalized spacial score (nSPS) is 11.6. The van der Waals surface area contributed by atoms with Crippen LogP contribution in [0.2, 0.25) is 0 Å². The number of rotatable bonds is 7. The molecule has 0 N–H and O–H groups in total. The summed E-state index contributed by atoms with van der Waals surface area (Å²) in [5.74, 6) is 0. The van der Waals surface area contributed by atoms with Gasteiger partial charge in [0.05, 0.1) is 22.4 Å². The second-order valence-corrected chi connectivity index (χ2v) is 15.7. The van der Waals surface area contributed by atoms with Crippen LogP contribution >= 0.6 is 0 Å². The minimum Gasteiger partial charge on any atom is -0.456 e. The van der Waals surface area contributed by atoms with Crippen LogP contribution in [-0.4, -0.2) is 4.57 Å². The molecule has 0 amide bonds. The molecule has 3 nitrogen and oxygen atoms in total. The lowest BCUT2D eigenvalue weighted by Crippen LogP contribution is -2.11. The fourth-order valence-corrected chi connectivity index (χ4v) is 9.41. The molecule has 0 saturated heterocycles. The molecule has 2 aromatic heterocycles. The molecule has 0 saturated carbocycles. The van der Waals surface area contributed by atoms with Gasteiger partial charge < -0.3 is 13.9 Å². The topological polar surface area (TPSA) is 21.3 Å². The number of fused-ring (bicyclic) bond motifs is 7. The summed E-state index contributed by atoms with van der Waals surface area (Å²) in [5.41, 5.74) is 15.5. The highest BCUT2D eigenvalue weighted by molar-refractivity contribution is 6.13. The molecule has 0 unspecified atom stereocenters. The maximum absolute atomic E-state index is 6.34. The van der Waals surface area contributed by atoms with Crippen molar-refractivity contribution in [2.45, 2.75) is 0 Å². The summed E-state index contributed by atoms with van der Waals surface area (Å²) in [6.45, 7) is 0. The maximum atomic E-state index is 6.34. The Labute approximate surface area is 353 Å². The first kappa shape index (κ1) is 34.9. The van der Waals surface area contributed by atoms with Crippen LogP contribution in [0.5, 0.6) is 0 Å². The lowest BCUT2D eigenvalue weighted by Gasteiger charge is -2.28. The summed E-state index contributed by atoms with van der Waals surface area (Å²) in [4.78, 5) is 2.41. The summed E-state index contributed by atoms with van der Waals surface area (Å²) in [6, 6.07) is 83.0. The maximum Gasteiger partial charge on any atom is 0.136 e. The monoisotopic (exact) mass is 778 g/mol. The van der Waals surface area contributed by atoms with E-state index in [1.807, 2.05) is 12.1 Å². The third kappa shape index (κ3) is 5.82. The Balaban J connectivity index is 1.03. The molecule has 286 valence electrons. The van der Waals surface area contributed by atoms with Crippen LogP contribution in [0.15, 0.2) is 235 Å². The summed E-state index contributed by atoms with van der Waals surface area (Å²) in [6.07, 6.45) is 0. The Morgan fingerprint density at radius 3 is 1.75 bits per heavy atom. The molecule has 0 bridgehead atoms. The molecule has 3 heteroatoms. The molecule has 0 fully saturated rings. The van der Waals surface area contributed by atoms with Crippen molar-refractivity contribution >= 4 is 71.6 Å². The molecule has 0 radical (unpaired) electrons. The van der Waals surface area contributed by atoms with E-state index in [2.05, 4.69) is 228 Å². The van der Waals surface area contributed by atoms with Crippen LogP contribution in [0, 0.1) is 0 Å². The molecule has 0 atom stereocenters. The van der Waals surface area contributed by atoms with Gasteiger partial charge in [0, 0.05) is 44.0 Å². The van der Waals surface area contributed by atoms with Crippen molar-refractivity contribution in [3.05, 3.63) is 231 Å². The third-order valence-corrected chi connectivity index (χ3v) is 12.2. The molecule has 12 aromatic rings. The molecule has 0 aliphatic rings. The van der Waals surface area contributed by atoms with Crippen LogP contribution < -0.4 is 4.90 Å². The number of benzene rings is 10. The summed E-state index contributed by atoms with van der Waals surface area (Å²) in [7, 11) is 0. The van der Waals surface area contributed by atoms with Crippen LogP contribution in [0.25, 0.3) is 93.6 Å². The van der Waals surface area contributed by atoms with Gasteiger partial charge in [-0.1, -0.05) is 164 Å². The van der Waals surface area contributed by atoms with E-state index in [9.17, 15) is 0 Å². The highest BCUT2D eigenvalue weighted by Gasteiger charge is 2.21. The van der Waals surface area contributed by atoms with Gasteiger partial charge in [-0.25, -0.2) is 0 Å². The van der Waals surface area contributed by atoms with Gasteiger partial charge in [0.25, 0.3) is 0 Å². The van der Waals surface area contributed by atoms with Gasteiger partial charge in [-0.15, -0.1) is 0 Å². The molecular formula is C58H38N2O. The Kier molecular flexibility index (Phi) is 8.17. The second kappa shape index (κ2) is 14.3. The molecule has 0 aliphatic heterocycles. The van der Waals surface area contributed by atoms with Crippen molar-refractivity contribution in [3.63, 3.8) is 0 Å². The Hall–Kier alpha value is -8.14. The molecule has 61 heavy (non-hydrogen) atoms. The van der Waals surface area contributed by atoms with E-state index in [1.54, 1.807) is 0 Å². The summed E-state index contributed by atoms with van der Waals surface area (Å²) < 4.78 is 8.75. The highest BCUT2D eigenvalue weighted by Crippen LogP contribution is 2.45. The predicted molar refractivity (Wildman–Crippen MR) is 257 cm³/mol. The van der Waals surface area contributed by atoms with Gasteiger partial charge in [-0.3, -0.25) is 0 Å². The quantitative estimate of drug-likeness (QED) is 0.161. The van der Waals surface area contributed by atoms with Crippen molar-refractivity contribution in [1.29, 1.82) is 0 Å². The Morgan fingerprint density at radius 1 is 0.344 bits per heavy atom. The van der Waals surface area contributed by atoms with E-state index < -0.39 is 0 Å². The van der Waals surface area contributed by atoms with E-state index >= 15 is 0 Å². The van der Waals surface area contributed by atoms with E-state index in [-0.39, 0.29) is 0 Å². The second-order valence-electron chi connectivity index (χ2n) is 15.7. The zero-order valence-electron chi connectivity index (χ0n) is 33.2. The number of aromatic nitrogens is 1. The average Bonchev–Trinajstić information content (AvgIpc) is 3.88. The van der Waals surface area contributed by atoms with Crippen LogP contribution in [-0.2, 0) is 0 Å². The van der Waals surface area contributed by atoms with Crippen molar-refractivity contribution in [1.82, 2.24) is 4.57 Å². The van der Waals surface area contributed by atoms with Crippen molar-refractivity contribution in [3.8, 4) is 39.1 Å². The van der Waals surface area contributed by atoms with Gasteiger partial charge in [-0.2, -0.15) is 0 Å². The number of nitrogens with zero attached hydrogens (tertiary/aromatic N) is 2. The summed E-state index contributed by atoms with van der Waals surface area (Å²) >= 11 is 0. The number of furan rings is 1. The zero-order chi connectivity index (χ0) is 40.3. The summed E-state index contributed by atoms with van der Waals surface area (Å²) in [5, 5.41) is 7.20. The molecule has 2 heterocycles. The molecule has 0 aliphatic carbocycles. The lowest BCUT2D eigenvalue weighted by molar-refractivity contribution is 0.669. The first-order valence-electron chi connectivity index (χ1n) is 20.8. The number of para-hydroxylation sites is 5. The van der Waals surface area contributed by atoms with Gasteiger partial charge in [0.15, 0.2) is 0 Å². The number of hydrogen-bond donors (Lipinski definition) is 0. The standard InChI is InChI=1S/C58H38N2O/c1-2-16-41-37-43(32-31-39(41)15-1)47-20-4-8-25-52(47)59(45-18-13-17-42(38-45)48-24-14-30-57-58(48)51-23-7-12-29-56(51)61-57)44-35-33-40(34-36-44)46-19-3-9-26-53(46)60-54-27-10-5-21-49(54)50-22-6-11-28-55(50)60/h1-38H. The van der Waals surface area contributed by atoms with Gasteiger partial charge in [-0.05, 0) is 99.8 Å². The SMILES string of the molecule is c1cc(-c2cccc3oc4ccccc4c23)cc(N(c2ccc(-c3ccccc3-n3c4ccccc4c4ccccc43)cc2)c2ccccc2-c2ccc3ccccc3c2)c1. The molecule has 0 spiro atoms. The minimum absolute atomic E-state index is 0.888. The molecule has 10 aromatic carbocycles. The van der Waals surface area contributed by atoms with Gasteiger partial charge in [0.2, 0.25) is 0 Å². The molecular weight excluding hydrogens is 741 g/mol. The first-order chi connectivity index (χ1) is 30.3. The Morgan fingerprint density at radius 2 is 0.934 bits per heavy atom. The van der Waals surface area contributed by atoms with E-state index in [4.69, 9.17) is 4.42 Å². The lowest BCUT2D eigenvalue weighted by atomic mass is 9.97. The van der Waals surface area contributed by atoms with E-state index in [1.165, 1.54) is 43.7 Å². The first-order valence-corrected chi connectivity index (χ1v) is 20.8. The van der Waals surface area contributed by atoms with E-state index in [0.29, 0.717) is 0 Å². The van der Waals surface area contributed by atoms with Crippen LogP contribution in [0.4, 0.5) is 17.1 Å². The predicted octanol–water partition coefficient (Wildman–Crippen LogP) is 16.3. The number of hydrogen-bond acceptors (Lipinski definition) is 2. The van der Waals surface area contributed by atoms with Gasteiger partial charge in [0.1, 0.15) is 11.2 Å². The highest BCUT2D eigenvalue weighted by atomic mass is 16.3. The minimum atomic E-state index is 0.888.